The Labute approximate surface area is 132 Å². The zero-order valence-electron chi connectivity index (χ0n) is 11.5. The van der Waals surface area contributed by atoms with E-state index in [2.05, 4.69) is 30.4 Å². The Hall–Kier alpha value is -0.196. The largest absolute Gasteiger partial charge is 0.273 e. The van der Waals surface area contributed by atoms with Gasteiger partial charge in [-0.25, -0.2) is 18.2 Å². The fourth-order valence-corrected chi connectivity index (χ4v) is 1.30. The first-order valence-corrected chi connectivity index (χ1v) is 6.21. The Kier molecular flexibility index (Phi) is 15.6. The molecule has 1 aliphatic carbocycles. The first-order valence-electron chi connectivity index (χ1n) is 6.21. The molecule has 1 heteroatoms. The summed E-state index contributed by atoms with van der Waals surface area (Å²) in [5, 5.41) is 0. The Morgan fingerprint density at radius 3 is 2.24 bits per heavy atom. The SMILES string of the molecule is CC.CC.[C-]1=C(c2[c-]cccc2)C=CCC1.[Y]. The van der Waals surface area contributed by atoms with Crippen LogP contribution in [-0.4, -0.2) is 0 Å². The van der Waals surface area contributed by atoms with Crippen LogP contribution in [0.1, 0.15) is 46.1 Å². The van der Waals surface area contributed by atoms with Crippen LogP contribution in [0.15, 0.2) is 36.4 Å². The van der Waals surface area contributed by atoms with Crippen molar-refractivity contribution in [3.8, 4) is 0 Å². The summed E-state index contributed by atoms with van der Waals surface area (Å²) in [6.07, 6.45) is 9.80. The maximum Gasteiger partial charge on any atom is 0 e. The van der Waals surface area contributed by atoms with Crippen molar-refractivity contribution in [2.75, 3.05) is 0 Å². The van der Waals surface area contributed by atoms with Gasteiger partial charge in [0, 0.05) is 32.7 Å². The fourth-order valence-electron chi connectivity index (χ4n) is 1.30. The second-order valence-electron chi connectivity index (χ2n) is 2.81. The van der Waals surface area contributed by atoms with Crippen molar-refractivity contribution in [3.05, 3.63) is 54.1 Å². The Balaban J connectivity index is 0. The molecule has 0 saturated heterocycles. The minimum absolute atomic E-state index is 0. The molecule has 0 aliphatic heterocycles. The van der Waals surface area contributed by atoms with E-state index in [9.17, 15) is 0 Å². The van der Waals surface area contributed by atoms with Crippen molar-refractivity contribution in [3.63, 3.8) is 0 Å². The summed E-state index contributed by atoms with van der Waals surface area (Å²) in [6.45, 7) is 8.00. The van der Waals surface area contributed by atoms with Crippen LogP contribution < -0.4 is 0 Å². The van der Waals surface area contributed by atoms with E-state index >= 15 is 0 Å². The predicted molar refractivity (Wildman–Crippen MR) is 73.0 cm³/mol. The van der Waals surface area contributed by atoms with Crippen molar-refractivity contribution >= 4 is 5.57 Å². The molecule has 0 fully saturated rings. The standard InChI is InChI=1S/C12H10.2C2H6.Y/c1-3-7-11(8-4-1)12-9-5-2-6-10-12;2*1-2;/h1,3-5,7,9H,2,6H2;2*1-2H3;/q-2;;;. The molecule has 0 amide bonds. The Morgan fingerprint density at radius 1 is 1.06 bits per heavy atom. The van der Waals surface area contributed by atoms with Crippen molar-refractivity contribution in [1.29, 1.82) is 0 Å². The van der Waals surface area contributed by atoms with Crippen molar-refractivity contribution in [2.24, 2.45) is 0 Å². The average Bonchev–Trinajstić information content (AvgIpc) is 2.45. The van der Waals surface area contributed by atoms with Crippen molar-refractivity contribution < 1.29 is 32.7 Å². The summed E-state index contributed by atoms with van der Waals surface area (Å²) < 4.78 is 0. The van der Waals surface area contributed by atoms with Gasteiger partial charge in [-0.3, -0.25) is 17.2 Å². The summed E-state index contributed by atoms with van der Waals surface area (Å²) in [4.78, 5) is 0. The van der Waals surface area contributed by atoms with Gasteiger partial charge in [-0.05, 0) is 0 Å². The number of hydrogen-bond acceptors (Lipinski definition) is 0. The predicted octanol–water partition coefficient (Wildman–Crippen LogP) is 5.07. The number of allylic oxidation sites excluding steroid dienone is 4. The first kappa shape index (κ1) is 19.2. The average molecular weight is 303 g/mol. The molecule has 17 heavy (non-hydrogen) atoms. The molecule has 1 radical (unpaired) electrons. The molecule has 0 heterocycles. The van der Waals surface area contributed by atoms with E-state index in [1.807, 2.05) is 45.9 Å². The number of rotatable bonds is 1. The van der Waals surface area contributed by atoms with E-state index in [0.717, 1.165) is 18.4 Å². The molecule has 1 aromatic rings. The zero-order valence-corrected chi connectivity index (χ0v) is 14.3. The first-order chi connectivity index (χ1) is 7.97. The molecule has 0 unspecified atom stereocenters. The maximum atomic E-state index is 3.33. The molecule has 0 bridgehead atoms. The van der Waals surface area contributed by atoms with Gasteiger partial charge in [0.25, 0.3) is 0 Å². The van der Waals surface area contributed by atoms with Gasteiger partial charge in [0.05, 0.1) is 0 Å². The van der Waals surface area contributed by atoms with E-state index in [1.54, 1.807) is 0 Å². The normalized spacial score (nSPS) is 11.9. The van der Waals surface area contributed by atoms with E-state index in [-0.39, 0.29) is 32.7 Å². The van der Waals surface area contributed by atoms with E-state index in [1.165, 1.54) is 5.57 Å². The van der Waals surface area contributed by atoms with Crippen LogP contribution >= 0.6 is 0 Å². The monoisotopic (exact) mass is 303 g/mol. The summed E-state index contributed by atoms with van der Waals surface area (Å²) in [7, 11) is 0. The van der Waals surface area contributed by atoms with Gasteiger partial charge in [0.15, 0.2) is 0 Å². The molecule has 0 atom stereocenters. The van der Waals surface area contributed by atoms with Crippen LogP contribution in [0.2, 0.25) is 0 Å². The minimum atomic E-state index is 0. The van der Waals surface area contributed by atoms with Gasteiger partial charge in [-0.2, -0.15) is 12.1 Å². The third-order valence-corrected chi connectivity index (χ3v) is 1.91. The van der Waals surface area contributed by atoms with Gasteiger partial charge in [-0.1, -0.05) is 40.5 Å². The van der Waals surface area contributed by atoms with E-state index in [0.29, 0.717) is 0 Å². The van der Waals surface area contributed by atoms with E-state index in [4.69, 9.17) is 0 Å². The van der Waals surface area contributed by atoms with Crippen LogP contribution in [0.3, 0.4) is 0 Å². The molecule has 0 spiro atoms. The van der Waals surface area contributed by atoms with Crippen LogP contribution in [0.25, 0.3) is 5.57 Å². The summed E-state index contributed by atoms with van der Waals surface area (Å²) in [6, 6.07) is 11.2. The molecule has 1 aliphatic rings. The smallest absolute Gasteiger partial charge is 0 e. The number of hydrogen-bond donors (Lipinski definition) is 0. The van der Waals surface area contributed by atoms with Gasteiger partial charge in [-0.15, -0.1) is 12.1 Å². The third-order valence-electron chi connectivity index (χ3n) is 1.91. The summed E-state index contributed by atoms with van der Waals surface area (Å²) in [5.74, 6) is 0. The van der Waals surface area contributed by atoms with Crippen LogP contribution in [0.4, 0.5) is 0 Å². The van der Waals surface area contributed by atoms with Crippen molar-refractivity contribution in [2.45, 2.75) is 40.5 Å². The topological polar surface area (TPSA) is 0 Å². The molecule has 91 valence electrons. The van der Waals surface area contributed by atoms with Gasteiger partial charge >= 0.3 is 0 Å². The Bertz CT molecular complexity index is 310. The van der Waals surface area contributed by atoms with Gasteiger partial charge < -0.3 is 0 Å². The van der Waals surface area contributed by atoms with Crippen LogP contribution in [0.5, 0.6) is 0 Å². The molecule has 0 saturated carbocycles. The quantitative estimate of drug-likeness (QED) is 0.635. The molecular weight excluding hydrogens is 281 g/mol. The Morgan fingerprint density at radius 2 is 1.76 bits per heavy atom. The molecule has 0 N–H and O–H groups in total. The summed E-state index contributed by atoms with van der Waals surface area (Å²) >= 11 is 0. The summed E-state index contributed by atoms with van der Waals surface area (Å²) in [5.41, 5.74) is 2.33. The molecule has 0 aromatic heterocycles. The van der Waals surface area contributed by atoms with E-state index < -0.39 is 0 Å². The van der Waals surface area contributed by atoms with Crippen LogP contribution in [-0.2, 0) is 32.7 Å². The molecule has 0 nitrogen and oxygen atoms in total. The van der Waals surface area contributed by atoms with Gasteiger partial charge in [0.2, 0.25) is 0 Å². The fraction of sp³-hybridized carbons (Fsp3) is 0.375. The molecular formula is C16H22Y-2. The van der Waals surface area contributed by atoms with Crippen molar-refractivity contribution in [1.82, 2.24) is 0 Å². The van der Waals surface area contributed by atoms with Crippen LogP contribution in [0, 0.1) is 12.1 Å². The number of benzene rings is 1. The van der Waals surface area contributed by atoms with Gasteiger partial charge in [0.1, 0.15) is 0 Å². The third kappa shape index (κ3) is 7.68. The second-order valence-corrected chi connectivity index (χ2v) is 2.81. The second kappa shape index (κ2) is 13.9. The molecule has 1 aromatic carbocycles. The maximum absolute atomic E-state index is 3.33. The minimum Gasteiger partial charge on any atom is -0.273 e. The molecule has 2 rings (SSSR count). The zero-order chi connectivity index (χ0) is 12.2.